The standard InChI is InChI=1S/C18H17F4N3O.C5H12N2/c1-2-3-16(26)25-17-14-9-11(19)8-12-6-10(18(20,21)22)7-15(24-12)13(14)4-5-23-17;1-5-4-6-2-3-7-5/h4-7,11H,2-3,8-9H2,1H3,(H,23,25,26);5-7H,2-4H2,1H3/t11-;/m1./s1. The van der Waals surface area contributed by atoms with Crippen molar-refractivity contribution in [2.75, 3.05) is 25.0 Å². The molecule has 33 heavy (non-hydrogen) atoms. The lowest BCUT2D eigenvalue weighted by atomic mass is 9.94. The number of carbonyl (C=O) groups is 1. The highest BCUT2D eigenvalue weighted by atomic mass is 19.4. The number of piperazine rings is 1. The lowest BCUT2D eigenvalue weighted by molar-refractivity contribution is -0.137. The van der Waals surface area contributed by atoms with Gasteiger partial charge in [0.15, 0.2) is 0 Å². The van der Waals surface area contributed by atoms with Crippen molar-refractivity contribution < 1.29 is 22.4 Å². The van der Waals surface area contributed by atoms with Gasteiger partial charge in [0.25, 0.3) is 0 Å². The quantitative estimate of drug-likeness (QED) is 0.597. The van der Waals surface area contributed by atoms with Gasteiger partial charge in [-0.25, -0.2) is 9.37 Å². The lowest BCUT2D eigenvalue weighted by Crippen LogP contribution is -2.46. The molecule has 10 heteroatoms. The molecule has 0 aromatic carbocycles. The van der Waals surface area contributed by atoms with Crippen LogP contribution in [0.3, 0.4) is 0 Å². The molecule has 2 aliphatic rings. The molecule has 2 bridgehead atoms. The fourth-order valence-electron chi connectivity index (χ4n) is 3.78. The van der Waals surface area contributed by atoms with Gasteiger partial charge >= 0.3 is 6.18 Å². The molecule has 2 aliphatic heterocycles. The minimum atomic E-state index is -4.55. The summed E-state index contributed by atoms with van der Waals surface area (Å²) in [5, 5.41) is 9.22. The van der Waals surface area contributed by atoms with Crippen LogP contribution in [-0.2, 0) is 23.8 Å². The zero-order valence-corrected chi connectivity index (χ0v) is 18.7. The van der Waals surface area contributed by atoms with E-state index >= 15 is 0 Å². The summed E-state index contributed by atoms with van der Waals surface area (Å²) < 4.78 is 53.9. The second-order valence-corrected chi connectivity index (χ2v) is 8.28. The van der Waals surface area contributed by atoms with Gasteiger partial charge in [-0.3, -0.25) is 9.78 Å². The van der Waals surface area contributed by atoms with E-state index in [1.807, 2.05) is 6.92 Å². The summed E-state index contributed by atoms with van der Waals surface area (Å²) in [5.41, 5.74) is 0.000767. The van der Waals surface area contributed by atoms with E-state index in [9.17, 15) is 22.4 Å². The molecule has 4 heterocycles. The molecule has 2 atom stereocenters. The minimum Gasteiger partial charge on any atom is -0.314 e. The monoisotopic (exact) mass is 467 g/mol. The zero-order chi connectivity index (χ0) is 24.0. The number of aromatic nitrogens is 2. The predicted molar refractivity (Wildman–Crippen MR) is 119 cm³/mol. The van der Waals surface area contributed by atoms with Crippen LogP contribution in [0.15, 0.2) is 24.4 Å². The Balaban J connectivity index is 0.000000374. The second-order valence-electron chi connectivity index (χ2n) is 8.28. The summed E-state index contributed by atoms with van der Waals surface area (Å²) in [4.78, 5) is 20.1. The molecule has 3 N–H and O–H groups in total. The van der Waals surface area contributed by atoms with Crippen LogP contribution >= 0.6 is 0 Å². The van der Waals surface area contributed by atoms with Crippen molar-refractivity contribution in [3.63, 3.8) is 0 Å². The van der Waals surface area contributed by atoms with Crippen LogP contribution in [0.5, 0.6) is 0 Å². The first kappa shape index (κ1) is 25.0. The van der Waals surface area contributed by atoms with Crippen LogP contribution in [0, 0.1) is 0 Å². The van der Waals surface area contributed by atoms with Gasteiger partial charge in [0.05, 0.1) is 11.3 Å². The van der Waals surface area contributed by atoms with E-state index in [4.69, 9.17) is 0 Å². The molecule has 0 saturated carbocycles. The summed E-state index contributed by atoms with van der Waals surface area (Å²) >= 11 is 0. The summed E-state index contributed by atoms with van der Waals surface area (Å²) in [7, 11) is 0. The van der Waals surface area contributed by atoms with Gasteiger partial charge in [-0.1, -0.05) is 6.92 Å². The molecule has 1 unspecified atom stereocenters. The van der Waals surface area contributed by atoms with Crippen LogP contribution in [0.25, 0.3) is 11.3 Å². The van der Waals surface area contributed by atoms with Crippen molar-refractivity contribution in [3.05, 3.63) is 41.2 Å². The van der Waals surface area contributed by atoms with Gasteiger partial charge in [0.1, 0.15) is 12.0 Å². The van der Waals surface area contributed by atoms with Crippen molar-refractivity contribution in [2.45, 2.75) is 57.9 Å². The Morgan fingerprint density at radius 1 is 1.24 bits per heavy atom. The van der Waals surface area contributed by atoms with Crippen LogP contribution in [0.2, 0.25) is 0 Å². The van der Waals surface area contributed by atoms with E-state index in [-0.39, 0.29) is 42.4 Å². The van der Waals surface area contributed by atoms with E-state index in [2.05, 4.69) is 32.8 Å². The fourth-order valence-corrected chi connectivity index (χ4v) is 3.78. The molecule has 0 aliphatic carbocycles. The van der Waals surface area contributed by atoms with Gasteiger partial charge in [0.2, 0.25) is 5.91 Å². The van der Waals surface area contributed by atoms with Gasteiger partial charge in [-0.05, 0) is 31.5 Å². The first-order valence-electron chi connectivity index (χ1n) is 11.1. The maximum atomic E-state index is 14.4. The summed E-state index contributed by atoms with van der Waals surface area (Å²) in [6, 6.07) is 3.99. The van der Waals surface area contributed by atoms with Gasteiger partial charge < -0.3 is 16.0 Å². The molecular weight excluding hydrogens is 438 g/mol. The van der Waals surface area contributed by atoms with E-state index in [0.717, 1.165) is 31.8 Å². The molecule has 2 aromatic heterocycles. The summed E-state index contributed by atoms with van der Waals surface area (Å²) in [6.07, 6.45) is -3.99. The SMILES string of the molecule is CC1CNCCN1.CCCC(=O)Nc1nccc2c1C[C@H](F)Cc1cc(C(F)(F)F)cc-2n1. The average molecular weight is 468 g/mol. The minimum absolute atomic E-state index is 0.0568. The topological polar surface area (TPSA) is 78.9 Å². The number of rotatable bonds is 3. The third-order valence-corrected chi connectivity index (χ3v) is 5.37. The Kier molecular flexibility index (Phi) is 8.36. The number of carbonyl (C=O) groups excluding carboxylic acids is 1. The average Bonchev–Trinajstić information content (AvgIpc) is 2.74. The number of nitrogens with zero attached hydrogens (tertiary/aromatic N) is 2. The van der Waals surface area contributed by atoms with E-state index < -0.39 is 17.9 Å². The first-order chi connectivity index (χ1) is 15.7. The van der Waals surface area contributed by atoms with Crippen molar-refractivity contribution in [1.29, 1.82) is 0 Å². The third kappa shape index (κ3) is 6.94. The molecule has 0 spiro atoms. The number of hydrogen-bond donors (Lipinski definition) is 3. The maximum absolute atomic E-state index is 14.4. The fraction of sp³-hybridized carbons (Fsp3) is 0.522. The van der Waals surface area contributed by atoms with E-state index in [0.29, 0.717) is 23.6 Å². The van der Waals surface area contributed by atoms with Crippen molar-refractivity contribution in [2.24, 2.45) is 0 Å². The molecule has 1 saturated heterocycles. The molecular formula is C23H29F4N5O. The Morgan fingerprint density at radius 2 is 2.03 bits per heavy atom. The van der Waals surface area contributed by atoms with Gasteiger partial charge in [0, 0.05) is 68.0 Å². The second kappa shape index (κ2) is 11.0. The highest BCUT2D eigenvalue weighted by molar-refractivity contribution is 5.91. The van der Waals surface area contributed by atoms with Crippen LogP contribution < -0.4 is 16.0 Å². The van der Waals surface area contributed by atoms with Gasteiger partial charge in [-0.15, -0.1) is 0 Å². The highest BCUT2D eigenvalue weighted by Gasteiger charge is 2.33. The van der Waals surface area contributed by atoms with Crippen molar-refractivity contribution in [1.82, 2.24) is 20.6 Å². The van der Waals surface area contributed by atoms with E-state index in [1.54, 1.807) is 0 Å². The van der Waals surface area contributed by atoms with Crippen molar-refractivity contribution >= 4 is 11.7 Å². The maximum Gasteiger partial charge on any atom is 0.416 e. The van der Waals surface area contributed by atoms with Gasteiger partial charge in [-0.2, -0.15) is 13.2 Å². The molecule has 4 rings (SSSR count). The number of pyridine rings is 2. The smallest absolute Gasteiger partial charge is 0.314 e. The highest BCUT2D eigenvalue weighted by Crippen LogP contribution is 2.36. The number of hydrogen-bond acceptors (Lipinski definition) is 5. The first-order valence-corrected chi connectivity index (χ1v) is 11.1. The molecule has 1 amide bonds. The lowest BCUT2D eigenvalue weighted by Gasteiger charge is -2.21. The number of alkyl halides is 4. The summed E-state index contributed by atoms with van der Waals surface area (Å²) in [6.45, 7) is 7.41. The van der Waals surface area contributed by atoms with Crippen LogP contribution in [0.4, 0.5) is 23.4 Å². The number of halogens is 4. The Labute approximate surface area is 190 Å². The Morgan fingerprint density at radius 3 is 2.64 bits per heavy atom. The third-order valence-electron chi connectivity index (χ3n) is 5.37. The Hall–Kier alpha value is -2.59. The van der Waals surface area contributed by atoms with Crippen molar-refractivity contribution in [3.8, 4) is 11.3 Å². The molecule has 6 nitrogen and oxygen atoms in total. The number of nitrogens with one attached hydrogen (secondary N) is 3. The zero-order valence-electron chi connectivity index (χ0n) is 18.7. The van der Waals surface area contributed by atoms with E-state index in [1.165, 1.54) is 12.3 Å². The Bertz CT molecular complexity index is 960. The molecule has 0 radical (unpaired) electrons. The molecule has 1 fully saturated rings. The van der Waals surface area contributed by atoms with Crippen LogP contribution in [0.1, 0.15) is 43.5 Å². The number of anilines is 1. The molecule has 180 valence electrons. The largest absolute Gasteiger partial charge is 0.416 e. The molecule has 2 aromatic rings. The number of fused-ring (bicyclic) bond motifs is 4. The van der Waals surface area contributed by atoms with Crippen LogP contribution in [-0.4, -0.2) is 47.7 Å². The predicted octanol–water partition coefficient (Wildman–Crippen LogP) is 3.91. The summed E-state index contributed by atoms with van der Waals surface area (Å²) in [5.74, 6) is -0.102. The normalized spacial score (nSPS) is 19.9. The number of amides is 1.